The lowest BCUT2D eigenvalue weighted by molar-refractivity contribution is 0.262. The first-order chi connectivity index (χ1) is 8.49. The highest BCUT2D eigenvalue weighted by atomic mass is 15.1. The zero-order chi connectivity index (χ0) is 13.9. The second-order valence-electron chi connectivity index (χ2n) is 6.61. The van der Waals surface area contributed by atoms with Crippen LogP contribution in [0.1, 0.15) is 66.7 Å². The molecule has 0 bridgehead atoms. The van der Waals surface area contributed by atoms with Gasteiger partial charge in [0.15, 0.2) is 0 Å². The Hall–Kier alpha value is -0.0800. The summed E-state index contributed by atoms with van der Waals surface area (Å²) >= 11 is 0. The van der Waals surface area contributed by atoms with Gasteiger partial charge < -0.3 is 10.2 Å². The molecule has 2 nitrogen and oxygen atoms in total. The van der Waals surface area contributed by atoms with E-state index in [0.29, 0.717) is 5.41 Å². The van der Waals surface area contributed by atoms with Crippen molar-refractivity contribution in [2.24, 2.45) is 5.41 Å². The predicted molar refractivity (Wildman–Crippen MR) is 83.2 cm³/mol. The third-order valence-corrected chi connectivity index (χ3v) is 3.31. The molecular weight excluding hydrogens is 220 g/mol. The van der Waals surface area contributed by atoms with Gasteiger partial charge in [-0.15, -0.1) is 0 Å². The van der Waals surface area contributed by atoms with Crippen molar-refractivity contribution in [3.8, 4) is 0 Å². The molecule has 0 saturated carbocycles. The number of hydrogen-bond acceptors (Lipinski definition) is 2. The molecule has 0 amide bonds. The van der Waals surface area contributed by atoms with Crippen LogP contribution in [0.2, 0.25) is 0 Å². The Labute approximate surface area is 116 Å². The quantitative estimate of drug-likeness (QED) is 0.564. The predicted octanol–water partition coefficient (Wildman–Crippen LogP) is 3.91. The molecule has 110 valence electrons. The summed E-state index contributed by atoms with van der Waals surface area (Å²) in [7, 11) is 0. The van der Waals surface area contributed by atoms with Crippen LogP contribution in [0.15, 0.2) is 0 Å². The SMILES string of the molecule is CCCCN(CCCC)CCNCCC(C)(C)C. The highest BCUT2D eigenvalue weighted by molar-refractivity contribution is 4.65. The number of unbranched alkanes of at least 4 members (excludes halogenated alkanes) is 2. The number of rotatable bonds is 11. The first kappa shape index (κ1) is 17.9. The fraction of sp³-hybridized carbons (Fsp3) is 1.00. The average Bonchev–Trinajstić information content (AvgIpc) is 2.29. The standard InChI is InChI=1S/C16H36N2/c1-6-8-13-18(14-9-7-2)15-12-17-11-10-16(3,4)5/h17H,6-15H2,1-5H3. The Kier molecular flexibility index (Phi) is 10.8. The van der Waals surface area contributed by atoms with Crippen LogP contribution < -0.4 is 5.32 Å². The second kappa shape index (κ2) is 10.8. The Balaban J connectivity index is 3.61. The minimum atomic E-state index is 0.455. The topological polar surface area (TPSA) is 15.3 Å². The first-order valence-corrected chi connectivity index (χ1v) is 7.92. The molecule has 0 spiro atoms. The Bertz CT molecular complexity index is 164. The Morgan fingerprint density at radius 3 is 1.83 bits per heavy atom. The molecule has 0 aromatic heterocycles. The number of hydrogen-bond donors (Lipinski definition) is 1. The largest absolute Gasteiger partial charge is 0.315 e. The van der Waals surface area contributed by atoms with Crippen molar-refractivity contribution in [2.75, 3.05) is 32.7 Å². The van der Waals surface area contributed by atoms with Crippen molar-refractivity contribution < 1.29 is 0 Å². The fourth-order valence-corrected chi connectivity index (χ4v) is 1.92. The van der Waals surface area contributed by atoms with E-state index in [2.05, 4.69) is 44.8 Å². The van der Waals surface area contributed by atoms with Gasteiger partial charge in [-0.2, -0.15) is 0 Å². The molecule has 0 atom stereocenters. The summed E-state index contributed by atoms with van der Waals surface area (Å²) in [5, 5.41) is 3.58. The van der Waals surface area contributed by atoms with Crippen LogP contribution >= 0.6 is 0 Å². The fourth-order valence-electron chi connectivity index (χ4n) is 1.92. The van der Waals surface area contributed by atoms with Crippen LogP contribution in [-0.2, 0) is 0 Å². The van der Waals surface area contributed by atoms with Gasteiger partial charge in [0.2, 0.25) is 0 Å². The minimum Gasteiger partial charge on any atom is -0.315 e. The molecule has 0 aliphatic rings. The summed E-state index contributed by atoms with van der Waals surface area (Å²) in [5.41, 5.74) is 0.455. The summed E-state index contributed by atoms with van der Waals surface area (Å²) < 4.78 is 0. The molecule has 2 heteroatoms. The zero-order valence-electron chi connectivity index (χ0n) is 13.5. The van der Waals surface area contributed by atoms with Gasteiger partial charge in [0.1, 0.15) is 0 Å². The van der Waals surface area contributed by atoms with Crippen LogP contribution in [0, 0.1) is 5.41 Å². The van der Waals surface area contributed by atoms with Crippen LogP contribution in [0.4, 0.5) is 0 Å². The van der Waals surface area contributed by atoms with E-state index < -0.39 is 0 Å². The summed E-state index contributed by atoms with van der Waals surface area (Å²) in [5.74, 6) is 0. The van der Waals surface area contributed by atoms with Gasteiger partial charge in [-0.05, 0) is 44.3 Å². The maximum Gasteiger partial charge on any atom is 0.0107 e. The highest BCUT2D eigenvalue weighted by Crippen LogP contribution is 2.16. The van der Waals surface area contributed by atoms with Crippen molar-refractivity contribution in [3.63, 3.8) is 0 Å². The van der Waals surface area contributed by atoms with E-state index in [1.165, 1.54) is 51.7 Å². The van der Waals surface area contributed by atoms with Crippen molar-refractivity contribution in [1.29, 1.82) is 0 Å². The molecule has 0 aliphatic carbocycles. The molecule has 18 heavy (non-hydrogen) atoms. The Morgan fingerprint density at radius 1 is 0.833 bits per heavy atom. The van der Waals surface area contributed by atoms with E-state index in [4.69, 9.17) is 0 Å². The highest BCUT2D eigenvalue weighted by Gasteiger charge is 2.09. The van der Waals surface area contributed by atoms with Crippen molar-refractivity contribution in [2.45, 2.75) is 66.7 Å². The van der Waals surface area contributed by atoms with Gasteiger partial charge in [-0.3, -0.25) is 0 Å². The maximum absolute atomic E-state index is 3.58. The zero-order valence-corrected chi connectivity index (χ0v) is 13.5. The van der Waals surface area contributed by atoms with Gasteiger partial charge >= 0.3 is 0 Å². The average molecular weight is 256 g/mol. The van der Waals surface area contributed by atoms with Crippen LogP contribution in [-0.4, -0.2) is 37.6 Å². The van der Waals surface area contributed by atoms with Gasteiger partial charge in [0.05, 0.1) is 0 Å². The van der Waals surface area contributed by atoms with Crippen molar-refractivity contribution >= 4 is 0 Å². The molecule has 0 radical (unpaired) electrons. The molecule has 0 saturated heterocycles. The molecule has 0 unspecified atom stereocenters. The van der Waals surface area contributed by atoms with E-state index in [9.17, 15) is 0 Å². The first-order valence-electron chi connectivity index (χ1n) is 7.92. The molecule has 1 N–H and O–H groups in total. The summed E-state index contributed by atoms with van der Waals surface area (Å²) in [6, 6.07) is 0. The van der Waals surface area contributed by atoms with Crippen LogP contribution in [0.25, 0.3) is 0 Å². The van der Waals surface area contributed by atoms with Crippen molar-refractivity contribution in [1.82, 2.24) is 10.2 Å². The maximum atomic E-state index is 3.58. The van der Waals surface area contributed by atoms with Crippen molar-refractivity contribution in [3.05, 3.63) is 0 Å². The van der Waals surface area contributed by atoms with Crippen LogP contribution in [0.5, 0.6) is 0 Å². The molecule has 0 aromatic carbocycles. The molecule has 0 aromatic rings. The minimum absolute atomic E-state index is 0.455. The lowest BCUT2D eigenvalue weighted by atomic mass is 9.92. The summed E-state index contributed by atoms with van der Waals surface area (Å²) in [6.07, 6.45) is 6.55. The molecule has 0 heterocycles. The molecule has 0 aliphatic heterocycles. The van der Waals surface area contributed by atoms with E-state index in [1.54, 1.807) is 0 Å². The second-order valence-corrected chi connectivity index (χ2v) is 6.61. The lowest BCUT2D eigenvalue weighted by Gasteiger charge is -2.23. The molecule has 0 fully saturated rings. The van der Waals surface area contributed by atoms with E-state index in [0.717, 1.165) is 13.1 Å². The van der Waals surface area contributed by atoms with Crippen LogP contribution in [0.3, 0.4) is 0 Å². The van der Waals surface area contributed by atoms with E-state index >= 15 is 0 Å². The van der Waals surface area contributed by atoms with Gasteiger partial charge in [0.25, 0.3) is 0 Å². The van der Waals surface area contributed by atoms with Gasteiger partial charge in [-0.25, -0.2) is 0 Å². The third-order valence-electron chi connectivity index (χ3n) is 3.31. The summed E-state index contributed by atoms with van der Waals surface area (Å²) in [4.78, 5) is 2.62. The Morgan fingerprint density at radius 2 is 1.39 bits per heavy atom. The van der Waals surface area contributed by atoms with Gasteiger partial charge in [0, 0.05) is 13.1 Å². The van der Waals surface area contributed by atoms with Gasteiger partial charge in [-0.1, -0.05) is 47.5 Å². The van der Waals surface area contributed by atoms with E-state index in [1.807, 2.05) is 0 Å². The number of nitrogens with one attached hydrogen (secondary N) is 1. The van der Waals surface area contributed by atoms with E-state index in [-0.39, 0.29) is 0 Å². The normalized spacial score (nSPS) is 12.3. The molecular formula is C16H36N2. The summed E-state index contributed by atoms with van der Waals surface area (Å²) in [6.45, 7) is 17.5. The smallest absolute Gasteiger partial charge is 0.0107 e. The lowest BCUT2D eigenvalue weighted by Crippen LogP contribution is -2.34. The third kappa shape index (κ3) is 12.4. The molecule has 0 rings (SSSR count). The number of nitrogens with zero attached hydrogens (tertiary/aromatic N) is 1. The monoisotopic (exact) mass is 256 g/mol.